The number of hydrazone groups is 2. The summed E-state index contributed by atoms with van der Waals surface area (Å²) in [5.41, 5.74) is -2.55. The molecule has 3 aliphatic rings. The summed E-state index contributed by atoms with van der Waals surface area (Å²) in [6.45, 7) is 0. The molecule has 3 aliphatic carbocycles. The van der Waals surface area contributed by atoms with Crippen LogP contribution in [0.15, 0.2) is 139 Å². The van der Waals surface area contributed by atoms with Crippen molar-refractivity contribution in [2.75, 3.05) is 10.3 Å². The van der Waals surface area contributed by atoms with Gasteiger partial charge in [0.15, 0.2) is 11.6 Å². The summed E-state index contributed by atoms with van der Waals surface area (Å²) >= 11 is 0. The molecule has 0 bridgehead atoms. The zero-order chi connectivity index (χ0) is 40.9. The van der Waals surface area contributed by atoms with Crippen LogP contribution in [0.2, 0.25) is 0 Å². The van der Waals surface area contributed by atoms with E-state index in [2.05, 4.69) is 20.4 Å². The summed E-state index contributed by atoms with van der Waals surface area (Å²) in [7, 11) is -10.5. The van der Waals surface area contributed by atoms with Crippen molar-refractivity contribution in [1.29, 1.82) is 0 Å². The fraction of sp³-hybridized carbons (Fsp3) is 0. The molecule has 0 fully saturated rings. The molecule has 26 heteroatoms. The predicted molar refractivity (Wildman–Crippen MR) is 189 cm³/mol. The second-order valence-corrected chi connectivity index (χ2v) is 13.8. The van der Waals surface area contributed by atoms with Crippen molar-refractivity contribution >= 4 is 90.1 Å². The van der Waals surface area contributed by atoms with Gasteiger partial charge in [0.05, 0.1) is 56.0 Å². The Labute approximate surface area is 428 Å². The molecule has 0 atom stereocenters. The summed E-state index contributed by atoms with van der Waals surface area (Å²) in [6.07, 6.45) is 13.4. The minimum Gasteiger partial charge on any atom is -0.744 e. The van der Waals surface area contributed by atoms with E-state index in [-0.39, 0.29) is 168 Å². The van der Waals surface area contributed by atoms with Crippen molar-refractivity contribution in [1.82, 2.24) is 0 Å². The van der Waals surface area contributed by atoms with E-state index in [4.69, 9.17) is 0 Å². The first-order valence-electron chi connectivity index (χ1n) is 15.2. The molecule has 2 N–H and O–H groups in total. The van der Waals surface area contributed by atoms with E-state index in [0.29, 0.717) is 6.07 Å². The molecule has 0 spiro atoms. The van der Waals surface area contributed by atoms with Crippen molar-refractivity contribution in [3.8, 4) is 0 Å². The molecule has 2 aromatic rings. The molecule has 5 rings (SSSR count). The van der Waals surface area contributed by atoms with E-state index >= 15 is 0 Å². The fourth-order valence-electron chi connectivity index (χ4n) is 4.70. The SMILES string of the molecule is O=C([O-])C1=CC(=NN=C2C=CC(=NN(O)c3ccc(C=Cc4ccc(N(O)N=C5C=CC(=O)C(C(=O)[O-])=C5)cc4S(=O)(=O)[O-])c(S(=O)(=O)[O-])c3)C=C2)C=CC1=O.[Na+].[Na+].[Na+].[Na+]. The first kappa shape index (κ1) is 54.9. The Balaban J connectivity index is 0.00000450. The maximum absolute atomic E-state index is 12.2. The molecule has 60 heavy (non-hydrogen) atoms. The normalized spacial score (nSPS) is 15.9. The molecule has 0 heterocycles. The van der Waals surface area contributed by atoms with Gasteiger partial charge in [-0.05, 0) is 96.2 Å². The van der Waals surface area contributed by atoms with Crippen LogP contribution in [0.25, 0.3) is 12.2 Å². The van der Waals surface area contributed by atoms with E-state index in [1.807, 2.05) is 0 Å². The second-order valence-electron chi connectivity index (χ2n) is 11.1. The molecule has 0 unspecified atom stereocenters. The van der Waals surface area contributed by atoms with Crippen LogP contribution in [-0.4, -0.2) is 82.7 Å². The Morgan fingerprint density at radius 3 is 1.32 bits per heavy atom. The average molecular weight is 893 g/mol. The number of anilines is 2. The zero-order valence-electron chi connectivity index (χ0n) is 31.7. The number of ketones is 2. The Hall–Kier alpha value is -3.08. The van der Waals surface area contributed by atoms with E-state index in [9.17, 15) is 65.7 Å². The minimum atomic E-state index is -5.28. The van der Waals surface area contributed by atoms with Crippen molar-refractivity contribution < 1.29 is 184 Å². The van der Waals surface area contributed by atoms with Crippen molar-refractivity contribution in [2.24, 2.45) is 20.4 Å². The summed E-state index contributed by atoms with van der Waals surface area (Å²) < 4.78 is 73.1. The van der Waals surface area contributed by atoms with Gasteiger partial charge in [0.2, 0.25) is 0 Å². The van der Waals surface area contributed by atoms with E-state index in [1.165, 1.54) is 30.4 Å². The van der Waals surface area contributed by atoms with Crippen molar-refractivity contribution in [3.63, 3.8) is 0 Å². The molecular weight excluding hydrogens is 872 g/mol. The van der Waals surface area contributed by atoms with Crippen molar-refractivity contribution in [3.05, 3.63) is 119 Å². The van der Waals surface area contributed by atoms with Crippen molar-refractivity contribution in [2.45, 2.75) is 9.79 Å². The van der Waals surface area contributed by atoms with E-state index in [0.717, 1.165) is 72.9 Å². The molecule has 0 saturated heterocycles. The summed E-state index contributed by atoms with van der Waals surface area (Å²) in [5.74, 6) is -5.15. The molecule has 0 saturated carbocycles. The first-order valence-corrected chi connectivity index (χ1v) is 18.0. The van der Waals surface area contributed by atoms with E-state index in [1.54, 1.807) is 0 Å². The van der Waals surface area contributed by atoms with Gasteiger partial charge in [-0.25, -0.2) is 16.8 Å². The second kappa shape index (κ2) is 23.4. The molecule has 0 radical (unpaired) electrons. The van der Waals surface area contributed by atoms with E-state index < -0.39 is 70.4 Å². The Kier molecular flexibility index (Phi) is 21.4. The fourth-order valence-corrected chi connectivity index (χ4v) is 6.08. The van der Waals surface area contributed by atoms with Gasteiger partial charge in [-0.3, -0.25) is 20.0 Å². The standard InChI is InChI=1S/C34H24N6O14S2.4Na/c41-29-13-9-23(15-27(29)33(43)44)36-35-21-5-7-22(8-6-21)37-39(47)25-11-3-19(31(17-25)55(49,50)51)1-2-20-4-12-26(18-32(20)56(52,53)54)40(48)38-24-10-14-30(42)28(16-24)34(45)46;;;;/h1-18,47-48H,(H,43,44)(H,45,46)(H,49,50,51)(H,52,53,54);;;;/q;4*+1/p-4. The van der Waals surface area contributed by atoms with Crippen LogP contribution in [0.1, 0.15) is 11.1 Å². The van der Waals surface area contributed by atoms with Gasteiger partial charge in [0.1, 0.15) is 20.2 Å². The molecule has 0 amide bonds. The molecule has 2 aromatic carbocycles. The number of hydrogen-bond donors (Lipinski definition) is 2. The third-order valence-electron chi connectivity index (χ3n) is 7.35. The number of carbonyl (C=O) groups is 4. The van der Waals surface area contributed by atoms with Crippen LogP contribution in [0.3, 0.4) is 0 Å². The summed E-state index contributed by atoms with van der Waals surface area (Å²) in [6, 6.07) is 5.81. The molecular formula is C34H20N6Na4O14S2. The zero-order valence-corrected chi connectivity index (χ0v) is 41.3. The number of allylic oxidation sites excluding steroid dienone is 10. The number of hydrogen-bond acceptors (Lipinski definition) is 20. The van der Waals surface area contributed by atoms with Crippen LogP contribution in [-0.2, 0) is 39.4 Å². The first-order chi connectivity index (χ1) is 26.3. The molecule has 0 aliphatic heterocycles. The predicted octanol–water partition coefficient (Wildman–Crippen LogP) is -12.7. The van der Waals surface area contributed by atoms with Gasteiger partial charge in [-0.1, -0.05) is 24.3 Å². The minimum absolute atomic E-state index is 0. The number of carbonyl (C=O) groups excluding carboxylic acids is 4. The largest absolute Gasteiger partial charge is 1.00 e. The van der Waals surface area contributed by atoms with Crippen LogP contribution >= 0.6 is 0 Å². The topological polar surface area (TPSA) is 325 Å². The third-order valence-corrected chi connectivity index (χ3v) is 9.14. The quantitative estimate of drug-likeness (QED) is 0.0528. The third kappa shape index (κ3) is 14.5. The summed E-state index contributed by atoms with van der Waals surface area (Å²) in [5, 5.41) is 58.8. The maximum atomic E-state index is 12.2. The molecule has 20 nitrogen and oxygen atoms in total. The number of carboxylic acid groups (broad SMARTS) is 2. The maximum Gasteiger partial charge on any atom is 1.00 e. The van der Waals surface area contributed by atoms with Gasteiger partial charge in [0, 0.05) is 11.1 Å². The van der Waals surface area contributed by atoms with Crippen LogP contribution < -0.4 is 139 Å². The van der Waals surface area contributed by atoms with Crippen LogP contribution in [0, 0.1) is 0 Å². The Morgan fingerprint density at radius 1 is 0.550 bits per heavy atom. The van der Waals surface area contributed by atoms with Gasteiger partial charge in [-0.2, -0.15) is 10.2 Å². The number of nitrogens with zero attached hydrogens (tertiary/aromatic N) is 6. The molecule has 0 aromatic heterocycles. The number of carboxylic acids is 2. The van der Waals surface area contributed by atoms with Gasteiger partial charge in [-0.15, -0.1) is 20.5 Å². The number of benzene rings is 2. The van der Waals surface area contributed by atoms with Gasteiger partial charge >= 0.3 is 118 Å². The Bertz CT molecular complexity index is 2670. The summed E-state index contributed by atoms with van der Waals surface area (Å²) in [4.78, 5) is 43.6. The monoisotopic (exact) mass is 892 g/mol. The number of aliphatic carboxylic acids is 2. The van der Waals surface area contributed by atoms with Crippen LogP contribution in [0.4, 0.5) is 11.4 Å². The number of rotatable bonds is 11. The van der Waals surface area contributed by atoms with Crippen LogP contribution in [0.5, 0.6) is 0 Å². The Morgan fingerprint density at radius 2 is 0.900 bits per heavy atom. The smallest absolute Gasteiger partial charge is 0.744 e. The van der Waals surface area contributed by atoms with Gasteiger partial charge < -0.3 is 28.9 Å². The molecule has 286 valence electrons. The average Bonchev–Trinajstić information content (AvgIpc) is 3.13. The van der Waals surface area contributed by atoms with Gasteiger partial charge in [0.25, 0.3) is 0 Å².